The number of aliphatic hydroxyl groups excluding tert-OH is 4. The highest BCUT2D eigenvalue weighted by atomic mass is 16.4. The van der Waals surface area contributed by atoms with Crippen molar-refractivity contribution in [2.24, 2.45) is 0 Å². The number of nitrogens with zero attached hydrogens (tertiary/aromatic N) is 1. The van der Waals surface area contributed by atoms with Gasteiger partial charge in [0.15, 0.2) is 0 Å². The maximum absolute atomic E-state index is 11.2. The Kier molecular flexibility index (Phi) is 7.61. The Morgan fingerprint density at radius 2 is 1.70 bits per heavy atom. The third kappa shape index (κ3) is 4.99. The number of aliphatic carboxylic acids is 1. The van der Waals surface area contributed by atoms with E-state index in [-0.39, 0.29) is 6.54 Å². The number of rotatable bonds is 9. The van der Waals surface area contributed by atoms with Crippen LogP contribution in [0.5, 0.6) is 0 Å². The van der Waals surface area contributed by atoms with E-state index >= 15 is 0 Å². The SMILES string of the molecule is CCC(C)(C)N(CC(O)C(O)C(O)CO)C(C)C(=O)O. The lowest BCUT2D eigenvalue weighted by molar-refractivity contribution is -0.148. The minimum Gasteiger partial charge on any atom is -0.480 e. The molecule has 0 aromatic heterocycles. The Morgan fingerprint density at radius 3 is 2.05 bits per heavy atom. The van der Waals surface area contributed by atoms with Crippen molar-refractivity contribution in [1.29, 1.82) is 0 Å². The van der Waals surface area contributed by atoms with E-state index < -0.39 is 42.5 Å². The van der Waals surface area contributed by atoms with Gasteiger partial charge in [0.2, 0.25) is 0 Å². The van der Waals surface area contributed by atoms with Gasteiger partial charge in [-0.25, -0.2) is 0 Å². The van der Waals surface area contributed by atoms with E-state index in [0.29, 0.717) is 6.42 Å². The second-order valence-corrected chi connectivity index (χ2v) is 5.64. The maximum Gasteiger partial charge on any atom is 0.320 e. The molecule has 0 bridgehead atoms. The summed E-state index contributed by atoms with van der Waals surface area (Å²) in [5, 5.41) is 46.8. The number of β-amino-alcohol motifs (C(OH)–C–C–N with tert-alkyl or cyclic N) is 1. The van der Waals surface area contributed by atoms with Crippen LogP contribution < -0.4 is 0 Å². The molecule has 0 heterocycles. The Hall–Kier alpha value is -0.730. The number of hydrogen-bond donors (Lipinski definition) is 5. The molecule has 0 spiro atoms. The zero-order valence-corrected chi connectivity index (χ0v) is 12.5. The van der Waals surface area contributed by atoms with Crippen molar-refractivity contribution in [3.63, 3.8) is 0 Å². The summed E-state index contributed by atoms with van der Waals surface area (Å²) in [7, 11) is 0. The van der Waals surface area contributed by atoms with Gasteiger partial charge in [0.1, 0.15) is 18.2 Å². The van der Waals surface area contributed by atoms with Crippen molar-refractivity contribution in [1.82, 2.24) is 4.90 Å². The molecule has 0 radical (unpaired) electrons. The lowest BCUT2D eigenvalue weighted by Gasteiger charge is -2.42. The monoisotopic (exact) mass is 293 g/mol. The molecule has 0 fully saturated rings. The smallest absolute Gasteiger partial charge is 0.320 e. The van der Waals surface area contributed by atoms with Crippen molar-refractivity contribution >= 4 is 5.97 Å². The molecule has 0 saturated carbocycles. The van der Waals surface area contributed by atoms with Gasteiger partial charge in [-0.1, -0.05) is 6.92 Å². The highest BCUT2D eigenvalue weighted by Gasteiger charge is 2.36. The summed E-state index contributed by atoms with van der Waals surface area (Å²) in [6.45, 7) is 6.28. The summed E-state index contributed by atoms with van der Waals surface area (Å²) in [4.78, 5) is 12.7. The molecule has 7 nitrogen and oxygen atoms in total. The van der Waals surface area contributed by atoms with Gasteiger partial charge in [-0.15, -0.1) is 0 Å². The molecule has 0 saturated heterocycles. The molecule has 7 heteroatoms. The Bertz CT molecular complexity index is 309. The van der Waals surface area contributed by atoms with Gasteiger partial charge in [-0.3, -0.25) is 9.69 Å². The third-order valence-electron chi connectivity index (χ3n) is 3.83. The van der Waals surface area contributed by atoms with Gasteiger partial charge in [0.05, 0.1) is 12.7 Å². The van der Waals surface area contributed by atoms with Crippen molar-refractivity contribution in [3.8, 4) is 0 Å². The molecule has 20 heavy (non-hydrogen) atoms. The van der Waals surface area contributed by atoms with Crippen LogP contribution in [-0.4, -0.2) is 79.4 Å². The van der Waals surface area contributed by atoms with Crippen LogP contribution in [0.15, 0.2) is 0 Å². The average Bonchev–Trinajstić information content (AvgIpc) is 2.41. The fourth-order valence-corrected chi connectivity index (χ4v) is 1.94. The first-order valence-electron chi connectivity index (χ1n) is 6.73. The fourth-order valence-electron chi connectivity index (χ4n) is 1.94. The van der Waals surface area contributed by atoms with Gasteiger partial charge in [0.25, 0.3) is 0 Å². The quantitative estimate of drug-likeness (QED) is 0.370. The zero-order chi connectivity index (χ0) is 16.1. The predicted octanol–water partition coefficient (Wildman–Crippen LogP) is -0.975. The first-order chi connectivity index (χ1) is 9.08. The van der Waals surface area contributed by atoms with Gasteiger partial charge < -0.3 is 25.5 Å². The number of carboxylic acid groups (broad SMARTS) is 1. The topological polar surface area (TPSA) is 121 Å². The Labute approximate surface area is 119 Å². The Balaban J connectivity index is 5.04. The van der Waals surface area contributed by atoms with Crippen molar-refractivity contribution < 1.29 is 30.3 Å². The molecule has 0 aliphatic rings. The molecule has 4 unspecified atom stereocenters. The second kappa shape index (κ2) is 7.90. The molecule has 0 rings (SSSR count). The van der Waals surface area contributed by atoms with E-state index in [9.17, 15) is 20.1 Å². The van der Waals surface area contributed by atoms with Crippen LogP contribution in [0.4, 0.5) is 0 Å². The molecule has 120 valence electrons. The molecule has 4 atom stereocenters. The first kappa shape index (κ1) is 19.3. The molecular formula is C13H27NO6. The molecule has 0 aromatic rings. The number of aliphatic hydroxyl groups is 4. The minimum absolute atomic E-state index is 0.119. The lowest BCUT2D eigenvalue weighted by Crippen LogP contribution is -2.57. The number of carboxylic acids is 1. The fraction of sp³-hybridized carbons (Fsp3) is 0.923. The van der Waals surface area contributed by atoms with E-state index in [1.807, 2.05) is 20.8 Å². The van der Waals surface area contributed by atoms with E-state index in [1.54, 1.807) is 4.90 Å². The Morgan fingerprint density at radius 1 is 1.20 bits per heavy atom. The first-order valence-corrected chi connectivity index (χ1v) is 6.73. The highest BCUT2D eigenvalue weighted by molar-refractivity contribution is 5.73. The number of hydrogen-bond acceptors (Lipinski definition) is 6. The summed E-state index contributed by atoms with van der Waals surface area (Å²) < 4.78 is 0. The minimum atomic E-state index is -1.53. The highest BCUT2D eigenvalue weighted by Crippen LogP contribution is 2.22. The largest absolute Gasteiger partial charge is 0.480 e. The maximum atomic E-state index is 11.2. The van der Waals surface area contributed by atoms with Crippen molar-refractivity contribution in [2.45, 2.75) is 64.0 Å². The predicted molar refractivity (Wildman–Crippen MR) is 73.3 cm³/mol. The van der Waals surface area contributed by atoms with Crippen LogP contribution in [0.25, 0.3) is 0 Å². The van der Waals surface area contributed by atoms with E-state index in [1.165, 1.54) is 6.92 Å². The summed E-state index contributed by atoms with van der Waals surface area (Å²) in [5.41, 5.74) is -0.497. The second-order valence-electron chi connectivity index (χ2n) is 5.64. The summed E-state index contributed by atoms with van der Waals surface area (Å²) in [6, 6.07) is -0.849. The van der Waals surface area contributed by atoms with Crippen LogP contribution >= 0.6 is 0 Å². The molecular weight excluding hydrogens is 266 g/mol. The van der Waals surface area contributed by atoms with Gasteiger partial charge in [0, 0.05) is 12.1 Å². The lowest BCUT2D eigenvalue weighted by atomic mass is 9.95. The summed E-state index contributed by atoms with van der Waals surface area (Å²) >= 11 is 0. The molecule has 0 aliphatic carbocycles. The number of carbonyl (C=O) groups is 1. The molecule has 0 aliphatic heterocycles. The van der Waals surface area contributed by atoms with Crippen LogP contribution in [0.2, 0.25) is 0 Å². The van der Waals surface area contributed by atoms with Crippen molar-refractivity contribution in [3.05, 3.63) is 0 Å². The van der Waals surface area contributed by atoms with E-state index in [0.717, 1.165) is 0 Å². The van der Waals surface area contributed by atoms with Crippen LogP contribution in [0.1, 0.15) is 34.1 Å². The summed E-state index contributed by atoms with van der Waals surface area (Å²) in [5.74, 6) is -1.03. The van der Waals surface area contributed by atoms with Gasteiger partial charge in [-0.2, -0.15) is 0 Å². The van der Waals surface area contributed by atoms with E-state index in [2.05, 4.69) is 0 Å². The normalized spacial score (nSPS) is 18.6. The molecule has 0 amide bonds. The molecule has 0 aromatic carbocycles. The zero-order valence-electron chi connectivity index (χ0n) is 12.5. The van der Waals surface area contributed by atoms with E-state index in [4.69, 9.17) is 10.2 Å². The summed E-state index contributed by atoms with van der Waals surface area (Å²) in [6.07, 6.45) is -3.70. The standard InChI is InChI=1S/C13H27NO6/c1-5-13(3,4)14(8(2)12(19)20)6-9(16)11(18)10(17)7-15/h8-11,15-18H,5-7H2,1-4H3,(H,19,20). The van der Waals surface area contributed by atoms with Crippen LogP contribution in [-0.2, 0) is 4.79 Å². The third-order valence-corrected chi connectivity index (χ3v) is 3.83. The van der Waals surface area contributed by atoms with Gasteiger partial charge >= 0.3 is 5.97 Å². The van der Waals surface area contributed by atoms with Crippen LogP contribution in [0, 0.1) is 0 Å². The average molecular weight is 293 g/mol. The van der Waals surface area contributed by atoms with Crippen LogP contribution in [0.3, 0.4) is 0 Å². The van der Waals surface area contributed by atoms with Gasteiger partial charge in [-0.05, 0) is 27.2 Å². The molecule has 5 N–H and O–H groups in total. The van der Waals surface area contributed by atoms with Crippen molar-refractivity contribution in [2.75, 3.05) is 13.2 Å².